The SMILES string of the molecule is COc1cccc(C(=O)N2CCOC[C@@H]2CN(C)CCO)c1. The number of morpholine rings is 1. The predicted molar refractivity (Wildman–Crippen MR) is 83.2 cm³/mol. The van der Waals surface area contributed by atoms with Gasteiger partial charge in [-0.3, -0.25) is 4.79 Å². The van der Waals surface area contributed by atoms with Crippen LogP contribution in [0.5, 0.6) is 5.75 Å². The van der Waals surface area contributed by atoms with Gasteiger partial charge in [0.25, 0.3) is 5.91 Å². The second-order valence-electron chi connectivity index (χ2n) is 5.45. The summed E-state index contributed by atoms with van der Waals surface area (Å²) in [6.07, 6.45) is 0. The Labute approximate surface area is 131 Å². The van der Waals surface area contributed by atoms with Gasteiger partial charge in [-0.15, -0.1) is 0 Å². The Kier molecular flexibility index (Phi) is 6.18. The van der Waals surface area contributed by atoms with Crippen LogP contribution in [0.1, 0.15) is 10.4 Å². The normalized spacial score (nSPS) is 18.5. The Morgan fingerprint density at radius 3 is 3.09 bits per heavy atom. The molecule has 122 valence electrons. The van der Waals surface area contributed by atoms with Gasteiger partial charge in [0.1, 0.15) is 5.75 Å². The van der Waals surface area contributed by atoms with Gasteiger partial charge in [0.2, 0.25) is 0 Å². The van der Waals surface area contributed by atoms with Crippen molar-refractivity contribution in [2.75, 3.05) is 53.6 Å². The summed E-state index contributed by atoms with van der Waals surface area (Å²) in [6.45, 7) is 3.01. The van der Waals surface area contributed by atoms with Crippen LogP contribution in [-0.2, 0) is 4.74 Å². The summed E-state index contributed by atoms with van der Waals surface area (Å²) in [7, 11) is 3.52. The van der Waals surface area contributed by atoms with E-state index in [1.54, 1.807) is 19.2 Å². The Morgan fingerprint density at radius 1 is 1.55 bits per heavy atom. The van der Waals surface area contributed by atoms with Gasteiger partial charge in [-0.2, -0.15) is 0 Å². The van der Waals surface area contributed by atoms with Crippen LogP contribution >= 0.6 is 0 Å². The van der Waals surface area contributed by atoms with Crippen molar-refractivity contribution in [3.63, 3.8) is 0 Å². The van der Waals surface area contributed by atoms with Gasteiger partial charge in [0.05, 0.1) is 33.0 Å². The molecule has 1 aromatic carbocycles. The Morgan fingerprint density at radius 2 is 2.36 bits per heavy atom. The number of amides is 1. The molecule has 22 heavy (non-hydrogen) atoms. The van der Waals surface area contributed by atoms with E-state index in [0.717, 1.165) is 0 Å². The third kappa shape index (κ3) is 4.19. The first-order valence-electron chi connectivity index (χ1n) is 7.48. The first-order valence-corrected chi connectivity index (χ1v) is 7.48. The van der Waals surface area contributed by atoms with E-state index in [9.17, 15) is 4.79 Å². The Balaban J connectivity index is 2.10. The molecule has 0 bridgehead atoms. The molecule has 2 rings (SSSR count). The molecule has 1 aromatic rings. The van der Waals surface area contributed by atoms with Crippen molar-refractivity contribution < 1.29 is 19.4 Å². The zero-order valence-corrected chi connectivity index (χ0v) is 13.2. The third-order valence-corrected chi connectivity index (χ3v) is 3.81. The largest absolute Gasteiger partial charge is 0.497 e. The van der Waals surface area contributed by atoms with Gasteiger partial charge in [-0.05, 0) is 25.2 Å². The number of aliphatic hydroxyl groups excluding tert-OH is 1. The monoisotopic (exact) mass is 308 g/mol. The number of likely N-dealkylation sites (N-methyl/N-ethyl adjacent to an activating group) is 1. The topological polar surface area (TPSA) is 62.2 Å². The average Bonchev–Trinajstić information content (AvgIpc) is 2.55. The van der Waals surface area contributed by atoms with Crippen LogP contribution in [0.25, 0.3) is 0 Å². The second kappa shape index (κ2) is 8.12. The molecular weight excluding hydrogens is 284 g/mol. The number of nitrogens with zero attached hydrogens (tertiary/aromatic N) is 2. The molecule has 1 N–H and O–H groups in total. The fourth-order valence-electron chi connectivity index (χ4n) is 2.62. The van der Waals surface area contributed by atoms with E-state index in [0.29, 0.717) is 44.2 Å². The molecule has 1 amide bonds. The zero-order chi connectivity index (χ0) is 15.9. The van der Waals surface area contributed by atoms with E-state index in [1.165, 1.54) is 0 Å². The predicted octanol–water partition coefficient (Wildman–Crippen LogP) is 0.460. The molecule has 0 aromatic heterocycles. The summed E-state index contributed by atoms with van der Waals surface area (Å²) in [4.78, 5) is 16.6. The molecule has 1 aliphatic rings. The fourth-order valence-corrected chi connectivity index (χ4v) is 2.62. The zero-order valence-electron chi connectivity index (χ0n) is 13.2. The summed E-state index contributed by atoms with van der Waals surface area (Å²) >= 11 is 0. The molecule has 0 aliphatic carbocycles. The summed E-state index contributed by atoms with van der Waals surface area (Å²) in [5.74, 6) is 0.664. The molecule has 0 unspecified atom stereocenters. The maximum atomic E-state index is 12.8. The van der Waals surface area contributed by atoms with Crippen LogP contribution in [0.3, 0.4) is 0 Å². The fraction of sp³-hybridized carbons (Fsp3) is 0.562. The summed E-state index contributed by atoms with van der Waals surface area (Å²) < 4.78 is 10.7. The van der Waals surface area contributed by atoms with Gasteiger partial charge < -0.3 is 24.4 Å². The first-order chi connectivity index (χ1) is 10.7. The lowest BCUT2D eigenvalue weighted by Gasteiger charge is -2.37. The summed E-state index contributed by atoms with van der Waals surface area (Å²) in [5.41, 5.74) is 0.621. The smallest absolute Gasteiger partial charge is 0.254 e. The molecule has 0 saturated carbocycles. The number of rotatable bonds is 6. The number of hydrogen-bond acceptors (Lipinski definition) is 5. The lowest BCUT2D eigenvalue weighted by molar-refractivity contribution is -0.0109. The summed E-state index contributed by atoms with van der Waals surface area (Å²) in [6, 6.07) is 7.19. The van der Waals surface area contributed by atoms with Crippen LogP contribution in [0, 0.1) is 0 Å². The third-order valence-electron chi connectivity index (χ3n) is 3.81. The minimum atomic E-state index is -0.0102. The highest BCUT2D eigenvalue weighted by molar-refractivity contribution is 5.94. The van der Waals surface area contributed by atoms with E-state index < -0.39 is 0 Å². The molecule has 6 heteroatoms. The molecule has 1 saturated heterocycles. The van der Waals surface area contributed by atoms with Crippen molar-refractivity contribution in [2.24, 2.45) is 0 Å². The van der Waals surface area contributed by atoms with Crippen molar-refractivity contribution in [3.8, 4) is 5.75 Å². The summed E-state index contributed by atoms with van der Waals surface area (Å²) in [5, 5.41) is 9.01. The maximum absolute atomic E-state index is 12.8. The van der Waals surface area contributed by atoms with Gasteiger partial charge in [0, 0.05) is 25.2 Å². The second-order valence-corrected chi connectivity index (χ2v) is 5.45. The molecule has 0 radical (unpaired) electrons. The quantitative estimate of drug-likeness (QED) is 0.827. The van der Waals surface area contributed by atoms with Crippen LogP contribution in [0.2, 0.25) is 0 Å². The van der Waals surface area contributed by atoms with E-state index in [1.807, 2.05) is 29.0 Å². The Hall–Kier alpha value is -1.63. The molecule has 1 atom stereocenters. The first kappa shape index (κ1) is 16.7. The van der Waals surface area contributed by atoms with Crippen LogP contribution in [0.15, 0.2) is 24.3 Å². The highest BCUT2D eigenvalue weighted by Gasteiger charge is 2.29. The van der Waals surface area contributed by atoms with Crippen molar-refractivity contribution in [1.82, 2.24) is 9.80 Å². The van der Waals surface area contributed by atoms with Crippen molar-refractivity contribution in [2.45, 2.75) is 6.04 Å². The standard InChI is InChI=1S/C16H24N2O4/c1-17(6-8-19)11-14-12-22-9-7-18(14)16(20)13-4-3-5-15(10-13)21-2/h3-5,10,14,19H,6-9,11-12H2,1-2H3/t14-/m0/s1. The highest BCUT2D eigenvalue weighted by Crippen LogP contribution is 2.17. The number of carbonyl (C=O) groups excluding carboxylic acids is 1. The molecule has 1 heterocycles. The van der Waals surface area contributed by atoms with E-state index in [2.05, 4.69) is 0 Å². The minimum absolute atomic E-state index is 0.00963. The molecular formula is C16H24N2O4. The van der Waals surface area contributed by atoms with Crippen LogP contribution in [-0.4, -0.2) is 80.5 Å². The van der Waals surface area contributed by atoms with E-state index >= 15 is 0 Å². The number of aliphatic hydroxyl groups is 1. The van der Waals surface area contributed by atoms with Crippen molar-refractivity contribution in [1.29, 1.82) is 0 Å². The number of methoxy groups -OCH3 is 1. The number of ether oxygens (including phenoxy) is 2. The Bertz CT molecular complexity index is 495. The lowest BCUT2D eigenvalue weighted by Crippen LogP contribution is -2.53. The van der Waals surface area contributed by atoms with E-state index in [-0.39, 0.29) is 18.6 Å². The lowest BCUT2D eigenvalue weighted by atomic mass is 10.1. The molecule has 1 fully saturated rings. The van der Waals surface area contributed by atoms with Gasteiger partial charge in [-0.1, -0.05) is 6.07 Å². The van der Waals surface area contributed by atoms with E-state index in [4.69, 9.17) is 14.6 Å². The number of carbonyl (C=O) groups is 1. The van der Waals surface area contributed by atoms with Crippen molar-refractivity contribution >= 4 is 5.91 Å². The number of hydrogen-bond donors (Lipinski definition) is 1. The number of benzene rings is 1. The van der Waals surface area contributed by atoms with Gasteiger partial charge >= 0.3 is 0 Å². The van der Waals surface area contributed by atoms with Gasteiger partial charge in [-0.25, -0.2) is 0 Å². The molecule has 6 nitrogen and oxygen atoms in total. The van der Waals surface area contributed by atoms with Crippen LogP contribution in [0.4, 0.5) is 0 Å². The highest BCUT2D eigenvalue weighted by atomic mass is 16.5. The molecule has 1 aliphatic heterocycles. The van der Waals surface area contributed by atoms with Crippen molar-refractivity contribution in [3.05, 3.63) is 29.8 Å². The maximum Gasteiger partial charge on any atom is 0.254 e. The van der Waals surface area contributed by atoms with Crippen LogP contribution < -0.4 is 4.74 Å². The molecule has 0 spiro atoms. The average molecular weight is 308 g/mol. The van der Waals surface area contributed by atoms with Gasteiger partial charge in [0.15, 0.2) is 0 Å². The minimum Gasteiger partial charge on any atom is -0.497 e.